The quantitative estimate of drug-likeness (QED) is 0.837. The van der Waals surface area contributed by atoms with Gasteiger partial charge in [-0.3, -0.25) is 9.48 Å². The number of piperidine rings is 1. The zero-order valence-corrected chi connectivity index (χ0v) is 10.2. The van der Waals surface area contributed by atoms with E-state index in [1.54, 1.807) is 10.9 Å². The van der Waals surface area contributed by atoms with Crippen LogP contribution >= 0.6 is 0 Å². The Morgan fingerprint density at radius 2 is 2.47 bits per heavy atom. The van der Waals surface area contributed by atoms with Gasteiger partial charge in [0.1, 0.15) is 6.04 Å². The highest BCUT2D eigenvalue weighted by Gasteiger charge is 2.26. The first-order valence-corrected chi connectivity index (χ1v) is 6.20. The predicted molar refractivity (Wildman–Crippen MR) is 65.3 cm³/mol. The van der Waals surface area contributed by atoms with Crippen molar-refractivity contribution in [2.24, 2.45) is 11.7 Å². The van der Waals surface area contributed by atoms with Crippen molar-refractivity contribution in [2.45, 2.75) is 25.8 Å². The maximum Gasteiger partial charge on any atom is 0.247 e. The molecule has 1 aliphatic heterocycles. The van der Waals surface area contributed by atoms with Gasteiger partial charge in [-0.2, -0.15) is 5.10 Å². The molecule has 1 amide bonds. The van der Waals surface area contributed by atoms with Crippen LogP contribution in [0.4, 0.5) is 0 Å². The molecule has 1 aromatic heterocycles. The number of aromatic nitrogens is 2. The minimum atomic E-state index is -0.221. The average Bonchev–Trinajstić information content (AvgIpc) is 2.91. The summed E-state index contributed by atoms with van der Waals surface area (Å²) in [5.74, 6) is 0.601. The van der Waals surface area contributed by atoms with Gasteiger partial charge in [-0.05, 0) is 38.3 Å². The van der Waals surface area contributed by atoms with E-state index in [2.05, 4.69) is 5.10 Å². The van der Waals surface area contributed by atoms with Crippen LogP contribution in [0.3, 0.4) is 0 Å². The molecule has 1 aromatic rings. The third-order valence-corrected chi connectivity index (χ3v) is 3.44. The second-order valence-electron chi connectivity index (χ2n) is 4.69. The van der Waals surface area contributed by atoms with E-state index in [4.69, 9.17) is 5.73 Å². The highest BCUT2D eigenvalue weighted by atomic mass is 16.2. The Morgan fingerprint density at radius 1 is 1.65 bits per heavy atom. The second-order valence-corrected chi connectivity index (χ2v) is 4.69. The fourth-order valence-corrected chi connectivity index (χ4v) is 2.34. The van der Waals surface area contributed by atoms with Gasteiger partial charge in [0.2, 0.25) is 5.91 Å². The van der Waals surface area contributed by atoms with Gasteiger partial charge in [0.25, 0.3) is 0 Å². The maximum absolute atomic E-state index is 12.3. The topological polar surface area (TPSA) is 64.2 Å². The average molecular weight is 236 g/mol. The smallest absolute Gasteiger partial charge is 0.247 e. The van der Waals surface area contributed by atoms with Crippen LogP contribution in [0, 0.1) is 5.92 Å². The molecule has 0 spiro atoms. The molecule has 0 bridgehead atoms. The normalized spacial score (nSPS) is 22.5. The van der Waals surface area contributed by atoms with E-state index in [0.717, 1.165) is 25.9 Å². The van der Waals surface area contributed by atoms with Gasteiger partial charge in [0.05, 0.1) is 0 Å². The zero-order valence-electron chi connectivity index (χ0n) is 10.2. The van der Waals surface area contributed by atoms with Gasteiger partial charge in [0.15, 0.2) is 0 Å². The molecule has 94 valence electrons. The van der Waals surface area contributed by atoms with Crippen molar-refractivity contribution >= 4 is 5.91 Å². The highest BCUT2D eigenvalue weighted by molar-refractivity contribution is 5.80. The molecule has 1 saturated heterocycles. The van der Waals surface area contributed by atoms with Crippen molar-refractivity contribution in [3.8, 4) is 0 Å². The van der Waals surface area contributed by atoms with Gasteiger partial charge in [-0.1, -0.05) is 0 Å². The Morgan fingerprint density at radius 3 is 3.12 bits per heavy atom. The third kappa shape index (κ3) is 2.66. The highest BCUT2D eigenvalue weighted by Crippen LogP contribution is 2.18. The molecule has 0 aliphatic carbocycles. The molecule has 2 N–H and O–H groups in total. The summed E-state index contributed by atoms with van der Waals surface area (Å²) in [6, 6.07) is 1.62. The minimum Gasteiger partial charge on any atom is -0.341 e. The molecule has 5 nitrogen and oxygen atoms in total. The van der Waals surface area contributed by atoms with E-state index in [9.17, 15) is 4.79 Å². The van der Waals surface area contributed by atoms with Gasteiger partial charge in [0, 0.05) is 25.5 Å². The van der Waals surface area contributed by atoms with Crippen LogP contribution in [0.2, 0.25) is 0 Å². The Bertz CT molecular complexity index is 363. The van der Waals surface area contributed by atoms with Gasteiger partial charge < -0.3 is 10.6 Å². The minimum absolute atomic E-state index is 0.145. The van der Waals surface area contributed by atoms with E-state index in [1.807, 2.05) is 24.1 Å². The third-order valence-electron chi connectivity index (χ3n) is 3.44. The molecule has 2 unspecified atom stereocenters. The van der Waals surface area contributed by atoms with Crippen molar-refractivity contribution in [2.75, 3.05) is 19.6 Å². The molecule has 2 rings (SSSR count). The van der Waals surface area contributed by atoms with Gasteiger partial charge in [-0.15, -0.1) is 0 Å². The van der Waals surface area contributed by atoms with E-state index in [0.29, 0.717) is 12.5 Å². The molecular formula is C12H20N4O. The first-order chi connectivity index (χ1) is 8.22. The number of hydrogen-bond donors (Lipinski definition) is 1. The van der Waals surface area contributed by atoms with Crippen molar-refractivity contribution in [1.29, 1.82) is 0 Å². The number of nitrogens with two attached hydrogens (primary N) is 1. The van der Waals surface area contributed by atoms with Crippen molar-refractivity contribution in [3.05, 3.63) is 18.5 Å². The summed E-state index contributed by atoms with van der Waals surface area (Å²) in [5, 5.41) is 4.12. The molecule has 0 saturated carbocycles. The van der Waals surface area contributed by atoms with Crippen LogP contribution in [0.1, 0.15) is 25.8 Å². The summed E-state index contributed by atoms with van der Waals surface area (Å²) < 4.78 is 1.70. The van der Waals surface area contributed by atoms with Crippen molar-refractivity contribution < 1.29 is 4.79 Å². The predicted octanol–water partition coefficient (Wildman–Crippen LogP) is 0.641. The Balaban J connectivity index is 1.99. The molecule has 5 heteroatoms. The number of likely N-dealkylation sites (tertiary alicyclic amines) is 1. The molecular weight excluding hydrogens is 216 g/mol. The number of nitrogens with zero attached hydrogens (tertiary/aromatic N) is 3. The summed E-state index contributed by atoms with van der Waals surface area (Å²) in [6.07, 6.45) is 5.71. The zero-order chi connectivity index (χ0) is 12.3. The summed E-state index contributed by atoms with van der Waals surface area (Å²) in [4.78, 5) is 14.2. The van der Waals surface area contributed by atoms with E-state index in [-0.39, 0.29) is 11.9 Å². The summed E-state index contributed by atoms with van der Waals surface area (Å²) in [7, 11) is 0. The Labute approximate surface area is 102 Å². The van der Waals surface area contributed by atoms with Crippen molar-refractivity contribution in [3.63, 3.8) is 0 Å². The number of carbonyl (C=O) groups excluding carboxylic acids is 1. The van der Waals surface area contributed by atoms with Crippen LogP contribution in [-0.2, 0) is 4.79 Å². The number of rotatable bonds is 3. The lowest BCUT2D eigenvalue weighted by Crippen LogP contribution is -2.44. The van der Waals surface area contributed by atoms with Gasteiger partial charge in [-0.25, -0.2) is 0 Å². The van der Waals surface area contributed by atoms with E-state index in [1.165, 1.54) is 0 Å². The Kier molecular flexibility index (Phi) is 3.78. The maximum atomic E-state index is 12.3. The van der Waals surface area contributed by atoms with Crippen LogP contribution in [0.25, 0.3) is 0 Å². The molecule has 1 fully saturated rings. The largest absolute Gasteiger partial charge is 0.341 e. The summed E-state index contributed by atoms with van der Waals surface area (Å²) in [5.41, 5.74) is 5.68. The van der Waals surface area contributed by atoms with Crippen LogP contribution in [0.15, 0.2) is 18.5 Å². The van der Waals surface area contributed by atoms with E-state index >= 15 is 0 Å². The SMILES string of the molecule is CC(C(=O)N1CCCC(CN)C1)n1cccn1. The fraction of sp³-hybridized carbons (Fsp3) is 0.667. The fourth-order valence-electron chi connectivity index (χ4n) is 2.34. The van der Waals surface area contributed by atoms with Crippen LogP contribution in [-0.4, -0.2) is 40.2 Å². The second kappa shape index (κ2) is 5.31. The lowest BCUT2D eigenvalue weighted by Gasteiger charge is -2.33. The Hall–Kier alpha value is -1.36. The lowest BCUT2D eigenvalue weighted by atomic mass is 9.98. The summed E-state index contributed by atoms with van der Waals surface area (Å²) >= 11 is 0. The molecule has 2 atom stereocenters. The number of carbonyl (C=O) groups is 1. The monoisotopic (exact) mass is 236 g/mol. The first kappa shape index (κ1) is 12.1. The lowest BCUT2D eigenvalue weighted by molar-refractivity contribution is -0.136. The van der Waals surface area contributed by atoms with Crippen LogP contribution in [0.5, 0.6) is 0 Å². The van der Waals surface area contributed by atoms with Crippen LogP contribution < -0.4 is 5.73 Å². The molecule has 17 heavy (non-hydrogen) atoms. The molecule has 0 radical (unpaired) electrons. The first-order valence-electron chi connectivity index (χ1n) is 6.20. The summed E-state index contributed by atoms with van der Waals surface area (Å²) in [6.45, 7) is 4.20. The molecule has 0 aromatic carbocycles. The number of hydrogen-bond acceptors (Lipinski definition) is 3. The number of amides is 1. The van der Waals surface area contributed by atoms with E-state index < -0.39 is 0 Å². The van der Waals surface area contributed by atoms with Gasteiger partial charge >= 0.3 is 0 Å². The molecule has 1 aliphatic rings. The standard InChI is InChI=1S/C12H20N4O/c1-10(16-7-3-5-14-16)12(17)15-6-2-4-11(8-13)9-15/h3,5,7,10-11H,2,4,6,8-9,13H2,1H3. The van der Waals surface area contributed by atoms with Crippen molar-refractivity contribution in [1.82, 2.24) is 14.7 Å². The molecule has 2 heterocycles.